The second-order valence-corrected chi connectivity index (χ2v) is 12.8. The second-order valence-electron chi connectivity index (χ2n) is 11.5. The quantitative estimate of drug-likeness (QED) is 0.539. The van der Waals surface area contributed by atoms with Crippen LogP contribution >= 0.6 is 22.9 Å². The number of nitrogens with one attached hydrogen (secondary N) is 2. The summed E-state index contributed by atoms with van der Waals surface area (Å²) in [6.07, 6.45) is 5.48. The summed E-state index contributed by atoms with van der Waals surface area (Å²) in [5.41, 5.74) is 0.370. The van der Waals surface area contributed by atoms with Gasteiger partial charge in [0.2, 0.25) is 16.2 Å². The van der Waals surface area contributed by atoms with Gasteiger partial charge >= 0.3 is 0 Å². The fraction of sp³-hybridized carbons (Fsp3) is 0.720. The van der Waals surface area contributed by atoms with Crippen LogP contribution in [0.25, 0.3) is 0 Å². The minimum Gasteiger partial charge on any atom is -0.355 e. The monoisotopic (exact) mass is 547 g/mol. The molecule has 2 aliphatic heterocycles. The summed E-state index contributed by atoms with van der Waals surface area (Å²) >= 11 is 7.27. The van der Waals surface area contributed by atoms with Gasteiger partial charge in [0.05, 0.1) is 6.04 Å². The SMILES string of the molecule is CN1CCN(C(C(=O)Nc2nnc(NC3CCN(c4ccc(Cl)nn4)C3)s2)C2CCC(C)(C)CC2)CC1. The number of hydrogen-bond acceptors (Lipinski definition) is 10. The van der Waals surface area contributed by atoms with Crippen LogP contribution < -0.4 is 15.5 Å². The zero-order valence-electron chi connectivity index (χ0n) is 22.0. The molecule has 3 aliphatic rings. The summed E-state index contributed by atoms with van der Waals surface area (Å²) in [5.74, 6) is 1.26. The van der Waals surface area contributed by atoms with Crippen molar-refractivity contribution in [2.45, 2.75) is 58.0 Å². The fourth-order valence-corrected chi connectivity index (χ4v) is 6.59. The Hall–Kier alpha value is -2.08. The lowest BCUT2D eigenvalue weighted by molar-refractivity contribution is -0.125. The first-order chi connectivity index (χ1) is 17.8. The van der Waals surface area contributed by atoms with Crippen molar-refractivity contribution in [2.75, 3.05) is 61.8 Å². The Morgan fingerprint density at radius 1 is 1.03 bits per heavy atom. The second kappa shape index (κ2) is 11.3. The first-order valence-electron chi connectivity index (χ1n) is 13.3. The van der Waals surface area contributed by atoms with E-state index in [4.69, 9.17) is 11.6 Å². The Kier molecular flexibility index (Phi) is 8.13. The van der Waals surface area contributed by atoms with E-state index in [1.807, 2.05) is 6.07 Å². The first kappa shape index (κ1) is 26.5. The molecule has 4 heterocycles. The van der Waals surface area contributed by atoms with Gasteiger partial charge in [0.25, 0.3) is 0 Å². The van der Waals surface area contributed by atoms with Crippen LogP contribution in [0.15, 0.2) is 12.1 Å². The van der Waals surface area contributed by atoms with Gasteiger partial charge in [-0.05, 0) is 62.6 Å². The molecule has 0 bridgehead atoms. The standard InChI is InChI=1S/C25H38ClN9OS/c1-25(2)9-6-17(7-10-25)21(34-14-12-33(3)13-15-34)22(36)28-24-32-31-23(37-24)27-18-8-11-35(16-18)20-5-4-19(26)29-30-20/h4-5,17-18,21H,6-16H2,1-3H3,(H,27,31)(H,28,32,36). The predicted octanol–water partition coefficient (Wildman–Crippen LogP) is 3.44. The Balaban J connectivity index is 1.19. The Labute approximate surface area is 228 Å². The van der Waals surface area contributed by atoms with E-state index in [0.29, 0.717) is 21.6 Å². The maximum absolute atomic E-state index is 13.7. The van der Waals surface area contributed by atoms with Crippen molar-refractivity contribution in [2.24, 2.45) is 11.3 Å². The molecule has 12 heteroatoms. The van der Waals surface area contributed by atoms with Gasteiger partial charge in [-0.25, -0.2) is 0 Å². The van der Waals surface area contributed by atoms with Crippen LogP contribution in [0.5, 0.6) is 0 Å². The van der Waals surface area contributed by atoms with E-state index in [2.05, 4.69) is 66.6 Å². The molecule has 1 saturated carbocycles. The number of carbonyl (C=O) groups is 1. The number of amides is 1. The number of anilines is 3. The molecule has 2 unspecified atom stereocenters. The summed E-state index contributed by atoms with van der Waals surface area (Å²) in [4.78, 5) is 20.6. The van der Waals surface area contributed by atoms with Crippen LogP contribution in [0.1, 0.15) is 46.0 Å². The highest BCUT2D eigenvalue weighted by molar-refractivity contribution is 7.19. The molecule has 2 N–H and O–H groups in total. The summed E-state index contributed by atoms with van der Waals surface area (Å²) in [6.45, 7) is 10.2. The van der Waals surface area contributed by atoms with Crippen molar-refractivity contribution in [3.8, 4) is 0 Å². The molecule has 3 fully saturated rings. The zero-order chi connectivity index (χ0) is 26.0. The summed E-state index contributed by atoms with van der Waals surface area (Å²) in [6, 6.07) is 3.75. The van der Waals surface area contributed by atoms with E-state index in [1.54, 1.807) is 6.07 Å². The van der Waals surface area contributed by atoms with E-state index < -0.39 is 0 Å². The number of nitrogens with zero attached hydrogens (tertiary/aromatic N) is 7. The van der Waals surface area contributed by atoms with Gasteiger partial charge in [0.1, 0.15) is 0 Å². The number of halogens is 1. The van der Waals surface area contributed by atoms with E-state index in [1.165, 1.54) is 24.2 Å². The van der Waals surface area contributed by atoms with Crippen LogP contribution in [0.2, 0.25) is 5.15 Å². The number of hydrogen-bond donors (Lipinski definition) is 2. The highest BCUT2D eigenvalue weighted by Gasteiger charge is 2.39. The largest absolute Gasteiger partial charge is 0.355 e. The lowest BCUT2D eigenvalue weighted by Crippen LogP contribution is -2.56. The lowest BCUT2D eigenvalue weighted by atomic mass is 9.70. The average molecular weight is 548 g/mol. The van der Waals surface area contributed by atoms with Gasteiger partial charge in [-0.15, -0.1) is 20.4 Å². The predicted molar refractivity (Wildman–Crippen MR) is 148 cm³/mol. The number of aromatic nitrogens is 4. The Morgan fingerprint density at radius 3 is 2.46 bits per heavy atom. The smallest absolute Gasteiger partial charge is 0.243 e. The molecule has 2 aromatic heterocycles. The van der Waals surface area contributed by atoms with Crippen LogP contribution in [-0.4, -0.2) is 94.5 Å². The maximum Gasteiger partial charge on any atom is 0.243 e. The molecule has 1 amide bonds. The maximum atomic E-state index is 13.7. The van der Waals surface area contributed by atoms with Crippen molar-refractivity contribution in [3.05, 3.63) is 17.3 Å². The lowest BCUT2D eigenvalue weighted by Gasteiger charge is -2.44. The summed E-state index contributed by atoms with van der Waals surface area (Å²) in [5, 5.41) is 25.0. The number of likely N-dealkylation sites (N-methyl/N-ethyl adjacent to an activating group) is 1. The van der Waals surface area contributed by atoms with Gasteiger partial charge in [0.15, 0.2) is 11.0 Å². The number of carbonyl (C=O) groups excluding carboxylic acids is 1. The minimum absolute atomic E-state index is 0.0605. The molecule has 10 nitrogen and oxygen atoms in total. The first-order valence-corrected chi connectivity index (χ1v) is 14.5. The molecular weight excluding hydrogens is 510 g/mol. The van der Waals surface area contributed by atoms with Crippen LogP contribution in [-0.2, 0) is 4.79 Å². The third-order valence-corrected chi connectivity index (χ3v) is 9.11. The topological polar surface area (TPSA) is 102 Å². The Bertz CT molecular complexity index is 1050. The fourth-order valence-electron chi connectivity index (χ4n) is 5.77. The highest BCUT2D eigenvalue weighted by Crippen LogP contribution is 2.40. The molecule has 202 valence electrons. The molecular formula is C25H38ClN9OS. The molecule has 5 rings (SSSR count). The highest BCUT2D eigenvalue weighted by atomic mass is 35.5. The molecule has 0 radical (unpaired) electrons. The van der Waals surface area contributed by atoms with Crippen molar-refractivity contribution in [1.82, 2.24) is 30.2 Å². The van der Waals surface area contributed by atoms with E-state index in [-0.39, 0.29) is 18.0 Å². The third-order valence-electron chi connectivity index (χ3n) is 8.14. The summed E-state index contributed by atoms with van der Waals surface area (Å²) in [7, 11) is 2.15. The Morgan fingerprint density at radius 2 is 1.76 bits per heavy atom. The van der Waals surface area contributed by atoms with E-state index in [0.717, 1.165) is 69.5 Å². The zero-order valence-corrected chi connectivity index (χ0v) is 23.6. The van der Waals surface area contributed by atoms with Crippen molar-refractivity contribution in [1.29, 1.82) is 0 Å². The van der Waals surface area contributed by atoms with Crippen molar-refractivity contribution in [3.63, 3.8) is 0 Å². The molecule has 2 saturated heterocycles. The normalized spacial score (nSPS) is 24.2. The van der Waals surface area contributed by atoms with Crippen molar-refractivity contribution < 1.29 is 4.79 Å². The summed E-state index contributed by atoms with van der Waals surface area (Å²) < 4.78 is 0. The molecule has 2 atom stereocenters. The molecule has 0 spiro atoms. The number of rotatable bonds is 7. The average Bonchev–Trinajstić information content (AvgIpc) is 3.52. The van der Waals surface area contributed by atoms with Crippen LogP contribution in [0.3, 0.4) is 0 Å². The third kappa shape index (κ3) is 6.68. The molecule has 37 heavy (non-hydrogen) atoms. The van der Waals surface area contributed by atoms with Crippen molar-refractivity contribution >= 4 is 44.9 Å². The van der Waals surface area contributed by atoms with E-state index in [9.17, 15) is 4.79 Å². The molecule has 1 aliphatic carbocycles. The van der Waals surface area contributed by atoms with Crippen LogP contribution in [0, 0.1) is 11.3 Å². The van der Waals surface area contributed by atoms with Gasteiger partial charge < -0.3 is 15.1 Å². The molecule has 0 aromatic carbocycles. The minimum atomic E-state index is -0.117. The number of piperazine rings is 1. The van der Waals surface area contributed by atoms with E-state index >= 15 is 0 Å². The van der Waals surface area contributed by atoms with Gasteiger partial charge in [-0.2, -0.15) is 0 Å². The molecule has 2 aromatic rings. The van der Waals surface area contributed by atoms with Crippen LogP contribution in [0.4, 0.5) is 16.1 Å². The van der Waals surface area contributed by atoms with Gasteiger partial charge in [-0.3, -0.25) is 15.0 Å². The van der Waals surface area contributed by atoms with Gasteiger partial charge in [0, 0.05) is 45.3 Å². The van der Waals surface area contributed by atoms with Gasteiger partial charge in [-0.1, -0.05) is 36.8 Å².